The van der Waals surface area contributed by atoms with Crippen LogP contribution in [0.3, 0.4) is 0 Å². The molecule has 0 aromatic rings. The number of ether oxygens (including phenoxy) is 2. The van der Waals surface area contributed by atoms with Crippen LogP contribution in [0.25, 0.3) is 0 Å². The molecule has 132 valence electrons. The number of carbonyl (C=O) groups is 3. The van der Waals surface area contributed by atoms with Crippen LogP contribution < -0.4 is 11.5 Å². The monoisotopic (exact) mass is 328 g/mol. The van der Waals surface area contributed by atoms with E-state index in [1.807, 2.05) is 0 Å². The van der Waals surface area contributed by atoms with Gasteiger partial charge in [0.2, 0.25) is 0 Å². The third-order valence-electron chi connectivity index (χ3n) is 3.60. The Balaban J connectivity index is 3.23. The average Bonchev–Trinajstić information content (AvgIpc) is 2.29. The van der Waals surface area contributed by atoms with Gasteiger partial charge in [-0.25, -0.2) is 9.59 Å². The van der Waals surface area contributed by atoms with Gasteiger partial charge in [-0.1, -0.05) is 0 Å². The van der Waals surface area contributed by atoms with Crippen LogP contribution in [0.5, 0.6) is 0 Å². The molecule has 1 rings (SSSR count). The molecular weight excluding hydrogens is 300 g/mol. The SMILES string of the molecule is CC(C)(C)OC(=O)C1(N)CCC(=O)CC1(N)C(=O)OC(C)(C)C. The van der Waals surface area contributed by atoms with Gasteiger partial charge < -0.3 is 20.9 Å². The fraction of sp³-hybridized carbons (Fsp3) is 0.812. The molecule has 0 saturated heterocycles. The smallest absolute Gasteiger partial charge is 0.329 e. The molecule has 0 amide bonds. The van der Waals surface area contributed by atoms with Crippen molar-refractivity contribution in [3.8, 4) is 0 Å². The van der Waals surface area contributed by atoms with Crippen molar-refractivity contribution in [2.45, 2.75) is 83.1 Å². The van der Waals surface area contributed by atoms with Gasteiger partial charge in [-0.15, -0.1) is 0 Å². The van der Waals surface area contributed by atoms with E-state index in [-0.39, 0.29) is 25.0 Å². The Morgan fingerprint density at radius 1 is 0.913 bits per heavy atom. The van der Waals surface area contributed by atoms with Crippen LogP contribution in [0.15, 0.2) is 0 Å². The van der Waals surface area contributed by atoms with Gasteiger partial charge in [-0.2, -0.15) is 0 Å². The predicted octanol–water partition coefficient (Wildman–Crippen LogP) is 0.818. The van der Waals surface area contributed by atoms with E-state index in [0.29, 0.717) is 0 Å². The lowest BCUT2D eigenvalue weighted by Crippen LogP contribution is -2.77. The van der Waals surface area contributed by atoms with E-state index in [0.717, 1.165) is 0 Å². The third kappa shape index (κ3) is 4.29. The Labute approximate surface area is 137 Å². The van der Waals surface area contributed by atoms with Crippen molar-refractivity contribution in [1.82, 2.24) is 0 Å². The van der Waals surface area contributed by atoms with E-state index in [1.165, 1.54) is 0 Å². The van der Waals surface area contributed by atoms with Gasteiger partial charge in [0.1, 0.15) is 22.5 Å². The minimum Gasteiger partial charge on any atom is -0.459 e. The molecule has 0 bridgehead atoms. The minimum absolute atomic E-state index is 0.0590. The van der Waals surface area contributed by atoms with Crippen molar-refractivity contribution in [2.24, 2.45) is 11.5 Å². The number of carbonyl (C=O) groups excluding carboxylic acids is 3. The Kier molecular flexibility index (Phi) is 4.99. The van der Waals surface area contributed by atoms with E-state index < -0.39 is 34.2 Å². The second kappa shape index (κ2) is 5.87. The number of hydrogen-bond donors (Lipinski definition) is 2. The van der Waals surface area contributed by atoms with Crippen LogP contribution in [0, 0.1) is 0 Å². The van der Waals surface area contributed by atoms with Crippen molar-refractivity contribution >= 4 is 17.7 Å². The van der Waals surface area contributed by atoms with E-state index in [9.17, 15) is 14.4 Å². The largest absolute Gasteiger partial charge is 0.459 e. The highest BCUT2D eigenvalue weighted by Crippen LogP contribution is 2.36. The lowest BCUT2D eigenvalue weighted by Gasteiger charge is -2.46. The summed E-state index contributed by atoms with van der Waals surface area (Å²) in [6, 6.07) is 0. The molecule has 7 heteroatoms. The van der Waals surface area contributed by atoms with Crippen molar-refractivity contribution in [3.05, 3.63) is 0 Å². The Morgan fingerprint density at radius 3 is 1.70 bits per heavy atom. The topological polar surface area (TPSA) is 122 Å². The van der Waals surface area contributed by atoms with Crippen LogP contribution in [0.4, 0.5) is 0 Å². The molecule has 4 N–H and O–H groups in total. The molecular formula is C16H28N2O5. The molecule has 1 saturated carbocycles. The number of hydrogen-bond acceptors (Lipinski definition) is 7. The first-order chi connectivity index (χ1) is 10.1. The summed E-state index contributed by atoms with van der Waals surface area (Å²) in [5.74, 6) is -1.90. The predicted molar refractivity (Wildman–Crippen MR) is 84.4 cm³/mol. The quantitative estimate of drug-likeness (QED) is 0.719. The highest BCUT2D eigenvalue weighted by Gasteiger charge is 2.62. The molecule has 2 unspecified atom stereocenters. The summed E-state index contributed by atoms with van der Waals surface area (Å²) >= 11 is 0. The zero-order valence-electron chi connectivity index (χ0n) is 14.8. The van der Waals surface area contributed by atoms with Crippen LogP contribution in [-0.2, 0) is 23.9 Å². The van der Waals surface area contributed by atoms with Crippen LogP contribution in [0.2, 0.25) is 0 Å². The van der Waals surface area contributed by atoms with Gasteiger partial charge in [0.25, 0.3) is 0 Å². The summed E-state index contributed by atoms with van der Waals surface area (Å²) in [5.41, 5.74) is 7.03. The highest BCUT2D eigenvalue weighted by molar-refractivity contribution is 6.00. The van der Waals surface area contributed by atoms with Gasteiger partial charge in [0.15, 0.2) is 5.54 Å². The van der Waals surface area contributed by atoms with Crippen molar-refractivity contribution < 1.29 is 23.9 Å². The fourth-order valence-corrected chi connectivity index (χ4v) is 2.39. The molecule has 1 aliphatic carbocycles. The lowest BCUT2D eigenvalue weighted by molar-refractivity contribution is -0.180. The molecule has 0 aliphatic heterocycles. The molecule has 0 aromatic carbocycles. The maximum Gasteiger partial charge on any atom is 0.329 e. The molecule has 7 nitrogen and oxygen atoms in total. The van der Waals surface area contributed by atoms with Gasteiger partial charge in [0.05, 0.1) is 0 Å². The number of ketones is 1. The second-order valence-electron chi connectivity index (χ2n) is 8.16. The standard InChI is InChI=1S/C16H28N2O5/c1-13(2,3)22-11(20)15(17)8-7-10(19)9-16(15,18)12(21)23-14(4,5)6/h7-9,17-18H2,1-6H3. The summed E-state index contributed by atoms with van der Waals surface area (Å²) in [4.78, 5) is 37.0. The minimum atomic E-state index is -1.95. The summed E-state index contributed by atoms with van der Waals surface area (Å²) < 4.78 is 10.6. The summed E-state index contributed by atoms with van der Waals surface area (Å²) in [6.07, 6.45) is -0.342. The van der Waals surface area contributed by atoms with Crippen LogP contribution >= 0.6 is 0 Å². The summed E-state index contributed by atoms with van der Waals surface area (Å²) in [7, 11) is 0. The average molecular weight is 328 g/mol. The fourth-order valence-electron chi connectivity index (χ4n) is 2.39. The number of nitrogens with two attached hydrogens (primary N) is 2. The molecule has 23 heavy (non-hydrogen) atoms. The Hall–Kier alpha value is -1.47. The van der Waals surface area contributed by atoms with Crippen LogP contribution in [0.1, 0.15) is 60.8 Å². The molecule has 0 spiro atoms. The van der Waals surface area contributed by atoms with Gasteiger partial charge >= 0.3 is 11.9 Å². The van der Waals surface area contributed by atoms with E-state index >= 15 is 0 Å². The summed E-state index contributed by atoms with van der Waals surface area (Å²) in [5, 5.41) is 0. The molecule has 2 atom stereocenters. The first-order valence-electron chi connectivity index (χ1n) is 7.67. The van der Waals surface area contributed by atoms with E-state index in [2.05, 4.69) is 0 Å². The summed E-state index contributed by atoms with van der Waals surface area (Å²) in [6.45, 7) is 10.1. The Bertz CT molecular complexity index is 518. The number of Topliss-reactive ketones (excluding diaryl/α,β-unsaturated/α-hetero) is 1. The van der Waals surface area contributed by atoms with E-state index in [1.54, 1.807) is 41.5 Å². The number of esters is 2. The Morgan fingerprint density at radius 2 is 1.30 bits per heavy atom. The molecule has 0 radical (unpaired) electrons. The van der Waals surface area contributed by atoms with Crippen LogP contribution in [-0.4, -0.2) is 40.0 Å². The number of rotatable bonds is 2. The van der Waals surface area contributed by atoms with Gasteiger partial charge in [-0.3, -0.25) is 4.79 Å². The maximum absolute atomic E-state index is 12.6. The maximum atomic E-state index is 12.6. The van der Waals surface area contributed by atoms with Gasteiger partial charge in [0, 0.05) is 12.8 Å². The molecule has 0 heterocycles. The lowest BCUT2D eigenvalue weighted by atomic mass is 9.67. The first-order valence-corrected chi connectivity index (χ1v) is 7.67. The van der Waals surface area contributed by atoms with Crippen molar-refractivity contribution in [1.29, 1.82) is 0 Å². The van der Waals surface area contributed by atoms with E-state index in [4.69, 9.17) is 20.9 Å². The zero-order valence-corrected chi connectivity index (χ0v) is 14.8. The third-order valence-corrected chi connectivity index (χ3v) is 3.60. The van der Waals surface area contributed by atoms with Crippen molar-refractivity contribution in [3.63, 3.8) is 0 Å². The molecule has 0 aromatic heterocycles. The molecule has 1 aliphatic rings. The second-order valence-corrected chi connectivity index (χ2v) is 8.16. The first kappa shape index (κ1) is 19.6. The normalized spacial score (nSPS) is 29.1. The zero-order chi connectivity index (χ0) is 18.3. The van der Waals surface area contributed by atoms with Crippen molar-refractivity contribution in [2.75, 3.05) is 0 Å². The highest BCUT2D eigenvalue weighted by atomic mass is 16.6. The molecule has 1 fully saturated rings. The van der Waals surface area contributed by atoms with Gasteiger partial charge in [-0.05, 0) is 48.0 Å².